The van der Waals surface area contributed by atoms with Crippen LogP contribution in [0, 0.1) is 0 Å². The number of aryl methyl sites for hydroxylation is 1. The van der Waals surface area contributed by atoms with Crippen LogP contribution in [0.5, 0.6) is 17.2 Å². The molecule has 0 spiro atoms. The molecule has 0 saturated heterocycles. The summed E-state index contributed by atoms with van der Waals surface area (Å²) in [5, 5.41) is 2.97. The van der Waals surface area contributed by atoms with Crippen molar-refractivity contribution in [2.45, 2.75) is 25.3 Å². The SMILES string of the molecule is COc1cc(C(=O)OCC(=O)NC2CCCc3ccccc32)cc2c1OCCO2. The molecule has 0 bridgehead atoms. The number of amides is 1. The van der Waals surface area contributed by atoms with E-state index >= 15 is 0 Å². The third-order valence-corrected chi connectivity index (χ3v) is 5.10. The Bertz CT molecular complexity index is 908. The summed E-state index contributed by atoms with van der Waals surface area (Å²) in [6.45, 7) is 0.450. The Labute approximate surface area is 168 Å². The van der Waals surface area contributed by atoms with Crippen LogP contribution in [0.15, 0.2) is 36.4 Å². The lowest BCUT2D eigenvalue weighted by Crippen LogP contribution is -2.34. The monoisotopic (exact) mass is 397 g/mol. The lowest BCUT2D eigenvalue weighted by atomic mass is 9.88. The second kappa shape index (κ2) is 8.43. The van der Waals surface area contributed by atoms with Crippen molar-refractivity contribution in [2.24, 2.45) is 0 Å². The first-order valence-electron chi connectivity index (χ1n) is 9.67. The molecular weight excluding hydrogens is 374 g/mol. The highest BCUT2D eigenvalue weighted by Crippen LogP contribution is 2.40. The fourth-order valence-electron chi connectivity index (χ4n) is 3.75. The maximum absolute atomic E-state index is 12.4. The van der Waals surface area contributed by atoms with Crippen molar-refractivity contribution in [1.82, 2.24) is 5.32 Å². The lowest BCUT2D eigenvalue weighted by molar-refractivity contribution is -0.125. The summed E-state index contributed by atoms with van der Waals surface area (Å²) in [6.07, 6.45) is 2.90. The van der Waals surface area contributed by atoms with Gasteiger partial charge in [-0.1, -0.05) is 24.3 Å². The van der Waals surface area contributed by atoms with E-state index in [1.807, 2.05) is 18.2 Å². The van der Waals surface area contributed by atoms with E-state index in [4.69, 9.17) is 18.9 Å². The number of methoxy groups -OCH3 is 1. The molecule has 1 aliphatic heterocycles. The molecule has 0 radical (unpaired) electrons. The van der Waals surface area contributed by atoms with E-state index in [-0.39, 0.29) is 24.1 Å². The standard InChI is InChI=1S/C22H23NO6/c1-26-18-11-15(12-19-21(18)28-10-9-27-19)22(25)29-13-20(24)23-17-8-4-6-14-5-2-3-7-16(14)17/h2-3,5,7,11-12,17H,4,6,8-10,13H2,1H3,(H,23,24). The van der Waals surface area contributed by atoms with Crippen LogP contribution >= 0.6 is 0 Å². The maximum atomic E-state index is 12.4. The number of ether oxygens (including phenoxy) is 4. The molecular formula is C22H23NO6. The third-order valence-electron chi connectivity index (χ3n) is 5.10. The molecule has 1 amide bonds. The number of rotatable bonds is 5. The van der Waals surface area contributed by atoms with Gasteiger partial charge in [0.05, 0.1) is 18.7 Å². The number of esters is 1. The van der Waals surface area contributed by atoms with Gasteiger partial charge in [0.15, 0.2) is 18.1 Å². The predicted molar refractivity (Wildman–Crippen MR) is 105 cm³/mol. The second-order valence-corrected chi connectivity index (χ2v) is 6.99. The Hall–Kier alpha value is -3.22. The predicted octanol–water partition coefficient (Wildman–Crippen LogP) is 2.82. The van der Waals surface area contributed by atoms with Gasteiger partial charge in [-0.15, -0.1) is 0 Å². The number of benzene rings is 2. The van der Waals surface area contributed by atoms with Crippen molar-refractivity contribution in [3.63, 3.8) is 0 Å². The van der Waals surface area contributed by atoms with E-state index < -0.39 is 5.97 Å². The first-order chi connectivity index (χ1) is 14.2. The molecule has 2 aromatic carbocycles. The van der Waals surface area contributed by atoms with E-state index in [0.717, 1.165) is 24.8 Å². The van der Waals surface area contributed by atoms with Crippen LogP contribution in [-0.4, -0.2) is 38.8 Å². The molecule has 1 unspecified atom stereocenters. The molecule has 29 heavy (non-hydrogen) atoms. The molecule has 4 rings (SSSR count). The van der Waals surface area contributed by atoms with Crippen LogP contribution in [0.1, 0.15) is 40.4 Å². The topological polar surface area (TPSA) is 83.1 Å². The minimum atomic E-state index is -0.625. The maximum Gasteiger partial charge on any atom is 0.338 e. The smallest absolute Gasteiger partial charge is 0.338 e. The number of fused-ring (bicyclic) bond motifs is 2. The summed E-state index contributed by atoms with van der Waals surface area (Å²) in [4.78, 5) is 24.8. The van der Waals surface area contributed by atoms with Gasteiger partial charge in [-0.2, -0.15) is 0 Å². The van der Waals surface area contributed by atoms with Crippen molar-refractivity contribution in [1.29, 1.82) is 0 Å². The molecule has 152 valence electrons. The van der Waals surface area contributed by atoms with E-state index in [1.54, 1.807) is 0 Å². The number of carbonyl (C=O) groups is 2. The van der Waals surface area contributed by atoms with Crippen LogP contribution in [0.2, 0.25) is 0 Å². The van der Waals surface area contributed by atoms with Crippen molar-refractivity contribution in [3.05, 3.63) is 53.1 Å². The fourth-order valence-corrected chi connectivity index (χ4v) is 3.75. The highest BCUT2D eigenvalue weighted by Gasteiger charge is 2.24. The molecule has 2 aliphatic rings. The first kappa shape index (κ1) is 19.1. The van der Waals surface area contributed by atoms with E-state index in [0.29, 0.717) is 30.5 Å². The largest absolute Gasteiger partial charge is 0.493 e. The van der Waals surface area contributed by atoms with Crippen molar-refractivity contribution < 1.29 is 28.5 Å². The summed E-state index contributed by atoms with van der Waals surface area (Å²) in [5.74, 6) is 0.316. The van der Waals surface area contributed by atoms with E-state index in [9.17, 15) is 9.59 Å². The Morgan fingerprint density at radius 2 is 2.00 bits per heavy atom. The Kier molecular flexibility index (Phi) is 5.55. The van der Waals surface area contributed by atoms with Crippen LogP contribution in [0.3, 0.4) is 0 Å². The minimum absolute atomic E-state index is 0.0551. The molecule has 7 nitrogen and oxygen atoms in total. The minimum Gasteiger partial charge on any atom is -0.493 e. The average molecular weight is 397 g/mol. The molecule has 1 aliphatic carbocycles. The Balaban J connectivity index is 1.38. The highest BCUT2D eigenvalue weighted by atomic mass is 16.6. The molecule has 0 fully saturated rings. The fraction of sp³-hybridized carbons (Fsp3) is 0.364. The first-order valence-corrected chi connectivity index (χ1v) is 9.67. The van der Waals surface area contributed by atoms with Crippen LogP contribution < -0.4 is 19.5 Å². The van der Waals surface area contributed by atoms with E-state index in [2.05, 4.69) is 11.4 Å². The van der Waals surface area contributed by atoms with Gasteiger partial charge in [0, 0.05) is 0 Å². The lowest BCUT2D eigenvalue weighted by Gasteiger charge is -2.26. The quantitative estimate of drug-likeness (QED) is 0.782. The molecule has 1 heterocycles. The third kappa shape index (κ3) is 4.13. The van der Waals surface area contributed by atoms with E-state index in [1.165, 1.54) is 24.8 Å². The molecule has 0 saturated carbocycles. The summed E-state index contributed by atoms with van der Waals surface area (Å²) in [5.41, 5.74) is 2.63. The number of hydrogen-bond donors (Lipinski definition) is 1. The van der Waals surface area contributed by atoms with Gasteiger partial charge in [0.25, 0.3) is 5.91 Å². The molecule has 0 aromatic heterocycles. The van der Waals surface area contributed by atoms with Gasteiger partial charge >= 0.3 is 5.97 Å². The van der Waals surface area contributed by atoms with Crippen LogP contribution in [-0.2, 0) is 16.0 Å². The van der Waals surface area contributed by atoms with Gasteiger partial charge in [-0.05, 0) is 42.5 Å². The number of carbonyl (C=O) groups excluding carboxylic acids is 2. The zero-order valence-corrected chi connectivity index (χ0v) is 16.2. The molecule has 2 aromatic rings. The molecule has 1 N–H and O–H groups in total. The summed E-state index contributed by atoms with van der Waals surface area (Å²) >= 11 is 0. The summed E-state index contributed by atoms with van der Waals surface area (Å²) in [7, 11) is 1.48. The zero-order chi connectivity index (χ0) is 20.2. The average Bonchev–Trinajstić information content (AvgIpc) is 2.77. The van der Waals surface area contributed by atoms with Gasteiger partial charge < -0.3 is 24.3 Å². The van der Waals surface area contributed by atoms with Gasteiger partial charge in [-0.25, -0.2) is 4.79 Å². The normalized spacial score (nSPS) is 17.1. The highest BCUT2D eigenvalue weighted by molar-refractivity contribution is 5.93. The van der Waals surface area contributed by atoms with Crippen LogP contribution in [0.4, 0.5) is 0 Å². The molecule has 1 atom stereocenters. The van der Waals surface area contributed by atoms with Gasteiger partial charge in [0.2, 0.25) is 5.75 Å². The van der Waals surface area contributed by atoms with Gasteiger partial charge in [0.1, 0.15) is 13.2 Å². The van der Waals surface area contributed by atoms with Crippen molar-refractivity contribution in [2.75, 3.05) is 26.9 Å². The Morgan fingerprint density at radius 3 is 2.86 bits per heavy atom. The molecule has 7 heteroatoms. The second-order valence-electron chi connectivity index (χ2n) is 6.99. The summed E-state index contributed by atoms with van der Waals surface area (Å²) < 4.78 is 21.5. The number of nitrogens with one attached hydrogen (secondary N) is 1. The number of hydrogen-bond acceptors (Lipinski definition) is 6. The summed E-state index contributed by atoms with van der Waals surface area (Å²) in [6, 6.07) is 11.1. The van der Waals surface area contributed by atoms with Crippen molar-refractivity contribution in [3.8, 4) is 17.2 Å². The van der Waals surface area contributed by atoms with Crippen LogP contribution in [0.25, 0.3) is 0 Å². The van der Waals surface area contributed by atoms with Crippen molar-refractivity contribution >= 4 is 11.9 Å². The zero-order valence-electron chi connectivity index (χ0n) is 16.2. The Morgan fingerprint density at radius 1 is 1.17 bits per heavy atom. The van der Waals surface area contributed by atoms with Gasteiger partial charge in [-0.3, -0.25) is 4.79 Å².